The van der Waals surface area contributed by atoms with Gasteiger partial charge in [0, 0.05) is 16.6 Å². The molecule has 4 aromatic rings. The van der Waals surface area contributed by atoms with Crippen LogP contribution in [-0.2, 0) is 6.61 Å². The van der Waals surface area contributed by atoms with E-state index < -0.39 is 0 Å². The zero-order valence-electron chi connectivity index (χ0n) is 19.8. The molecule has 176 valence electrons. The fraction of sp³-hybridized carbons (Fsp3) is 0.214. The van der Waals surface area contributed by atoms with Crippen molar-refractivity contribution in [3.63, 3.8) is 0 Å². The highest BCUT2D eigenvalue weighted by atomic mass is 79.9. The van der Waals surface area contributed by atoms with Gasteiger partial charge in [-0.15, -0.1) is 0 Å². The molecule has 0 fully saturated rings. The summed E-state index contributed by atoms with van der Waals surface area (Å²) in [6.07, 6.45) is 2.55. The van der Waals surface area contributed by atoms with Crippen LogP contribution in [0.15, 0.2) is 83.5 Å². The highest BCUT2D eigenvalue weighted by Crippen LogP contribution is 2.30. The molecule has 0 aliphatic carbocycles. The number of hydrogen-bond donors (Lipinski definition) is 2. The third-order valence-corrected chi connectivity index (χ3v) is 5.75. The molecular weight excluding hydrogens is 490 g/mol. The van der Waals surface area contributed by atoms with E-state index in [-0.39, 0.29) is 12.5 Å². The van der Waals surface area contributed by atoms with Crippen molar-refractivity contribution in [2.45, 2.75) is 33.8 Å². The third-order valence-electron chi connectivity index (χ3n) is 5.25. The lowest BCUT2D eigenvalue weighted by Crippen LogP contribution is -2.24. The minimum atomic E-state index is -0.0992. The Kier molecular flexibility index (Phi) is 9.19. The van der Waals surface area contributed by atoms with E-state index in [2.05, 4.69) is 52.3 Å². The van der Waals surface area contributed by atoms with Gasteiger partial charge in [0.1, 0.15) is 0 Å². The number of nitrogens with one attached hydrogen (secondary N) is 1. The molecule has 6 heteroatoms. The van der Waals surface area contributed by atoms with Gasteiger partial charge in [-0.25, -0.2) is 4.68 Å². The molecule has 34 heavy (non-hydrogen) atoms. The second-order valence-corrected chi connectivity index (χ2v) is 8.93. The van der Waals surface area contributed by atoms with Gasteiger partial charge in [0.25, 0.3) is 5.91 Å². The van der Waals surface area contributed by atoms with Crippen molar-refractivity contribution in [3.8, 4) is 16.9 Å². The number of carbonyl (C=O) groups is 1. The van der Waals surface area contributed by atoms with Crippen molar-refractivity contribution in [2.24, 2.45) is 0 Å². The SMILES string of the molecule is CCCNC(=O)c1cnn(-c2ccc(C)cc2C)c1-c1cccc(Br)c1.OCc1ccccc1. The summed E-state index contributed by atoms with van der Waals surface area (Å²) in [5.41, 5.74) is 6.57. The van der Waals surface area contributed by atoms with Crippen LogP contribution in [0.2, 0.25) is 0 Å². The lowest BCUT2D eigenvalue weighted by Gasteiger charge is -2.13. The minimum Gasteiger partial charge on any atom is -0.392 e. The van der Waals surface area contributed by atoms with Gasteiger partial charge in [0.2, 0.25) is 0 Å². The number of nitrogens with zero attached hydrogens (tertiary/aromatic N) is 2. The Morgan fingerprint density at radius 3 is 2.41 bits per heavy atom. The summed E-state index contributed by atoms with van der Waals surface area (Å²) in [5, 5.41) is 16.0. The van der Waals surface area contributed by atoms with Crippen LogP contribution in [0, 0.1) is 13.8 Å². The molecule has 0 unspecified atom stereocenters. The van der Waals surface area contributed by atoms with Crippen molar-refractivity contribution in [1.29, 1.82) is 0 Å². The van der Waals surface area contributed by atoms with Gasteiger partial charge in [-0.3, -0.25) is 4.79 Å². The van der Waals surface area contributed by atoms with Crippen LogP contribution in [0.1, 0.15) is 40.4 Å². The van der Waals surface area contributed by atoms with E-state index in [4.69, 9.17) is 5.11 Å². The molecule has 1 heterocycles. The third kappa shape index (κ3) is 6.43. The Labute approximate surface area is 209 Å². The van der Waals surface area contributed by atoms with Gasteiger partial charge in [0.15, 0.2) is 0 Å². The quantitative estimate of drug-likeness (QED) is 0.317. The van der Waals surface area contributed by atoms with Crippen molar-refractivity contribution in [3.05, 3.63) is 106 Å². The maximum atomic E-state index is 12.7. The fourth-order valence-corrected chi connectivity index (χ4v) is 3.97. The molecule has 4 rings (SSSR count). The Morgan fingerprint density at radius 2 is 1.79 bits per heavy atom. The van der Waals surface area contributed by atoms with E-state index in [0.717, 1.165) is 39.0 Å². The zero-order chi connectivity index (χ0) is 24.5. The Morgan fingerprint density at radius 1 is 1.03 bits per heavy atom. The number of aliphatic hydroxyl groups excluding tert-OH is 1. The van der Waals surface area contributed by atoms with Crippen molar-refractivity contribution >= 4 is 21.8 Å². The molecule has 0 bridgehead atoms. The zero-order valence-corrected chi connectivity index (χ0v) is 21.3. The lowest BCUT2D eigenvalue weighted by molar-refractivity contribution is 0.0954. The number of halogens is 1. The number of rotatable bonds is 6. The predicted molar refractivity (Wildman–Crippen MR) is 141 cm³/mol. The number of hydrogen-bond acceptors (Lipinski definition) is 3. The first-order valence-corrected chi connectivity index (χ1v) is 12.1. The molecule has 0 spiro atoms. The van der Waals surface area contributed by atoms with Crippen LogP contribution in [0.5, 0.6) is 0 Å². The first-order chi connectivity index (χ1) is 16.4. The monoisotopic (exact) mass is 519 g/mol. The number of aryl methyl sites for hydroxylation is 2. The summed E-state index contributed by atoms with van der Waals surface area (Å²) < 4.78 is 2.82. The molecule has 0 saturated carbocycles. The molecule has 1 aromatic heterocycles. The topological polar surface area (TPSA) is 67.2 Å². The number of carbonyl (C=O) groups excluding carboxylic acids is 1. The first kappa shape index (κ1) is 25.4. The maximum Gasteiger partial charge on any atom is 0.255 e. The van der Waals surface area contributed by atoms with Crippen molar-refractivity contribution < 1.29 is 9.90 Å². The highest BCUT2D eigenvalue weighted by Gasteiger charge is 2.20. The summed E-state index contributed by atoms with van der Waals surface area (Å²) in [4.78, 5) is 12.7. The van der Waals surface area contributed by atoms with E-state index in [1.807, 2.05) is 72.3 Å². The molecule has 0 aliphatic heterocycles. The Hall–Kier alpha value is -3.22. The Bertz CT molecular complexity index is 1240. The van der Waals surface area contributed by atoms with Crippen molar-refractivity contribution in [2.75, 3.05) is 6.54 Å². The average Bonchev–Trinajstić information content (AvgIpc) is 3.28. The second kappa shape index (κ2) is 12.3. The molecule has 3 aromatic carbocycles. The minimum absolute atomic E-state index is 0.0992. The van der Waals surface area contributed by atoms with E-state index in [1.54, 1.807) is 6.20 Å². The van der Waals surface area contributed by atoms with Gasteiger partial charge in [0.05, 0.1) is 29.7 Å². The molecule has 5 nitrogen and oxygen atoms in total. The largest absolute Gasteiger partial charge is 0.392 e. The van der Waals surface area contributed by atoms with Crippen LogP contribution in [0.3, 0.4) is 0 Å². The van der Waals surface area contributed by atoms with E-state index in [0.29, 0.717) is 12.1 Å². The number of amides is 1. The summed E-state index contributed by atoms with van der Waals surface area (Å²) in [6, 6.07) is 23.7. The maximum absolute atomic E-state index is 12.7. The van der Waals surface area contributed by atoms with Crippen LogP contribution < -0.4 is 5.32 Å². The first-order valence-electron chi connectivity index (χ1n) is 11.3. The van der Waals surface area contributed by atoms with Gasteiger partial charge >= 0.3 is 0 Å². The predicted octanol–water partition coefficient (Wildman–Crippen LogP) is 6.24. The van der Waals surface area contributed by atoms with Crippen LogP contribution in [-0.4, -0.2) is 27.3 Å². The molecule has 0 radical (unpaired) electrons. The standard InChI is InChI=1S/C21H22BrN3O.C7H8O/c1-4-10-23-21(26)18-13-24-25(19-9-8-14(2)11-15(19)3)20(18)16-6-5-7-17(22)12-16;8-6-7-4-2-1-3-5-7/h5-9,11-13H,4,10H2,1-3H3,(H,23,26);1-5,8H,6H2. The molecule has 0 atom stereocenters. The number of aliphatic hydroxyl groups is 1. The number of aromatic nitrogens is 2. The molecule has 1 amide bonds. The number of benzene rings is 3. The van der Waals surface area contributed by atoms with Gasteiger partial charge in [-0.2, -0.15) is 5.10 Å². The summed E-state index contributed by atoms with van der Waals surface area (Å²) in [5.74, 6) is -0.0992. The van der Waals surface area contributed by atoms with E-state index >= 15 is 0 Å². The Balaban J connectivity index is 0.000000343. The van der Waals surface area contributed by atoms with Gasteiger partial charge in [-0.05, 0) is 49.6 Å². The highest BCUT2D eigenvalue weighted by molar-refractivity contribution is 9.10. The smallest absolute Gasteiger partial charge is 0.255 e. The summed E-state index contributed by atoms with van der Waals surface area (Å²) in [7, 11) is 0. The van der Waals surface area contributed by atoms with Crippen LogP contribution in [0.25, 0.3) is 16.9 Å². The average molecular weight is 520 g/mol. The van der Waals surface area contributed by atoms with E-state index in [1.165, 1.54) is 5.56 Å². The lowest BCUT2D eigenvalue weighted by atomic mass is 10.1. The van der Waals surface area contributed by atoms with Crippen LogP contribution in [0.4, 0.5) is 0 Å². The summed E-state index contributed by atoms with van der Waals surface area (Å²) >= 11 is 3.53. The fourth-order valence-electron chi connectivity index (χ4n) is 3.57. The normalized spacial score (nSPS) is 10.4. The van der Waals surface area contributed by atoms with E-state index in [9.17, 15) is 4.79 Å². The van der Waals surface area contributed by atoms with Crippen molar-refractivity contribution in [1.82, 2.24) is 15.1 Å². The second-order valence-electron chi connectivity index (χ2n) is 8.02. The van der Waals surface area contributed by atoms with Crippen LogP contribution >= 0.6 is 15.9 Å². The molecule has 2 N–H and O–H groups in total. The molecule has 0 aliphatic rings. The molecular formula is C28H30BrN3O2. The molecule has 0 saturated heterocycles. The summed E-state index contributed by atoms with van der Waals surface area (Å²) in [6.45, 7) is 6.95. The van der Waals surface area contributed by atoms with Gasteiger partial charge < -0.3 is 10.4 Å². The van der Waals surface area contributed by atoms with Gasteiger partial charge in [-0.1, -0.05) is 83.0 Å².